The fourth-order valence-electron chi connectivity index (χ4n) is 3.65. The molecule has 0 saturated carbocycles. The predicted octanol–water partition coefficient (Wildman–Crippen LogP) is 3.07. The standard InChI is InChI=1S/C25H22FN3O4/c26-20-11-5-6-12-21(20)29-15-18(14-24(29)31)25(32)28-27-23(30)16-33-22-13-7-4-10-19(22)17-8-2-1-3-9-17/h1-13,18H,14-16H2,(H,27,30)(H,28,32). The van der Waals surface area contributed by atoms with Gasteiger partial charge in [0.15, 0.2) is 6.61 Å². The molecule has 3 aromatic carbocycles. The number of benzene rings is 3. The Balaban J connectivity index is 1.29. The molecule has 1 aliphatic rings. The molecule has 3 aromatic rings. The zero-order valence-corrected chi connectivity index (χ0v) is 17.7. The fourth-order valence-corrected chi connectivity index (χ4v) is 3.65. The first-order valence-corrected chi connectivity index (χ1v) is 10.4. The van der Waals surface area contributed by atoms with Crippen LogP contribution in [0.25, 0.3) is 11.1 Å². The average molecular weight is 447 g/mol. The van der Waals surface area contributed by atoms with Crippen LogP contribution in [0.4, 0.5) is 10.1 Å². The van der Waals surface area contributed by atoms with Crippen LogP contribution in [0.1, 0.15) is 6.42 Å². The van der Waals surface area contributed by atoms with E-state index in [2.05, 4.69) is 10.9 Å². The molecule has 0 aromatic heterocycles. The van der Waals surface area contributed by atoms with E-state index >= 15 is 0 Å². The number of nitrogens with zero attached hydrogens (tertiary/aromatic N) is 1. The van der Waals surface area contributed by atoms with Crippen LogP contribution in [-0.2, 0) is 14.4 Å². The third kappa shape index (κ3) is 5.17. The second-order valence-corrected chi connectivity index (χ2v) is 7.55. The van der Waals surface area contributed by atoms with Crippen molar-refractivity contribution in [3.8, 4) is 16.9 Å². The van der Waals surface area contributed by atoms with Gasteiger partial charge in [0, 0.05) is 18.5 Å². The van der Waals surface area contributed by atoms with Crippen LogP contribution in [0.5, 0.6) is 5.75 Å². The van der Waals surface area contributed by atoms with Gasteiger partial charge >= 0.3 is 0 Å². The molecule has 4 rings (SSSR count). The van der Waals surface area contributed by atoms with Crippen LogP contribution in [0.2, 0.25) is 0 Å². The van der Waals surface area contributed by atoms with Gasteiger partial charge in [-0.05, 0) is 23.8 Å². The Bertz CT molecular complexity index is 1170. The monoisotopic (exact) mass is 447 g/mol. The number of halogens is 1. The Morgan fingerprint density at radius 3 is 2.42 bits per heavy atom. The van der Waals surface area contributed by atoms with Gasteiger partial charge < -0.3 is 9.64 Å². The molecule has 1 saturated heterocycles. The molecule has 0 aliphatic carbocycles. The first-order valence-electron chi connectivity index (χ1n) is 10.4. The highest BCUT2D eigenvalue weighted by molar-refractivity contribution is 6.00. The minimum absolute atomic E-state index is 0.0302. The lowest BCUT2D eigenvalue weighted by molar-refractivity contribution is -0.132. The molecule has 1 atom stereocenters. The summed E-state index contributed by atoms with van der Waals surface area (Å²) in [4.78, 5) is 38.1. The quantitative estimate of drug-likeness (QED) is 0.569. The number of hydrogen-bond donors (Lipinski definition) is 2. The fraction of sp³-hybridized carbons (Fsp3) is 0.160. The van der Waals surface area contributed by atoms with E-state index in [0.29, 0.717) is 5.75 Å². The van der Waals surface area contributed by atoms with Crippen LogP contribution in [0.3, 0.4) is 0 Å². The number of hydrogen-bond acceptors (Lipinski definition) is 4. The van der Waals surface area contributed by atoms with Crippen molar-refractivity contribution in [2.45, 2.75) is 6.42 Å². The van der Waals surface area contributed by atoms with Crippen molar-refractivity contribution in [1.29, 1.82) is 0 Å². The number of para-hydroxylation sites is 2. The van der Waals surface area contributed by atoms with Crippen LogP contribution in [-0.4, -0.2) is 30.9 Å². The molecule has 8 heteroatoms. The second kappa shape index (κ2) is 9.95. The lowest BCUT2D eigenvalue weighted by Crippen LogP contribution is -2.46. The zero-order chi connectivity index (χ0) is 23.2. The number of carbonyl (C=O) groups excluding carboxylic acids is 3. The summed E-state index contributed by atoms with van der Waals surface area (Å²) < 4.78 is 19.6. The number of carbonyl (C=O) groups is 3. The Morgan fingerprint density at radius 2 is 1.64 bits per heavy atom. The van der Waals surface area contributed by atoms with E-state index in [4.69, 9.17) is 4.74 Å². The van der Waals surface area contributed by atoms with Gasteiger partial charge in [-0.25, -0.2) is 4.39 Å². The van der Waals surface area contributed by atoms with Crippen molar-refractivity contribution in [3.63, 3.8) is 0 Å². The Labute approximate surface area is 190 Å². The van der Waals surface area contributed by atoms with Gasteiger partial charge in [-0.3, -0.25) is 25.2 Å². The molecule has 0 radical (unpaired) electrons. The highest BCUT2D eigenvalue weighted by atomic mass is 19.1. The Kier molecular flexibility index (Phi) is 6.64. The highest BCUT2D eigenvalue weighted by Gasteiger charge is 2.36. The van der Waals surface area contributed by atoms with E-state index < -0.39 is 23.5 Å². The lowest BCUT2D eigenvalue weighted by Gasteiger charge is -2.17. The van der Waals surface area contributed by atoms with Crippen molar-refractivity contribution in [3.05, 3.63) is 84.7 Å². The smallest absolute Gasteiger partial charge is 0.276 e. The van der Waals surface area contributed by atoms with Crippen LogP contribution in [0.15, 0.2) is 78.9 Å². The first kappa shape index (κ1) is 22.0. The van der Waals surface area contributed by atoms with Gasteiger partial charge in [-0.2, -0.15) is 0 Å². The van der Waals surface area contributed by atoms with Crippen LogP contribution in [0, 0.1) is 11.7 Å². The maximum Gasteiger partial charge on any atom is 0.276 e. The largest absolute Gasteiger partial charge is 0.483 e. The third-order valence-electron chi connectivity index (χ3n) is 5.29. The topological polar surface area (TPSA) is 87.7 Å². The number of rotatable bonds is 6. The number of anilines is 1. The van der Waals surface area contributed by atoms with Gasteiger partial charge in [-0.1, -0.05) is 60.7 Å². The SMILES string of the molecule is O=C(COc1ccccc1-c1ccccc1)NNC(=O)C1CC(=O)N(c2ccccc2F)C1. The summed E-state index contributed by atoms with van der Waals surface area (Å²) >= 11 is 0. The van der Waals surface area contributed by atoms with Crippen molar-refractivity contribution < 1.29 is 23.5 Å². The minimum atomic E-state index is -0.711. The molecule has 0 spiro atoms. The van der Waals surface area contributed by atoms with Gasteiger partial charge in [0.2, 0.25) is 11.8 Å². The van der Waals surface area contributed by atoms with Crippen molar-refractivity contribution in [1.82, 2.24) is 10.9 Å². The lowest BCUT2D eigenvalue weighted by atomic mass is 10.1. The maximum atomic E-state index is 14.0. The Hall–Kier alpha value is -4.20. The van der Waals surface area contributed by atoms with Crippen LogP contribution < -0.4 is 20.5 Å². The molecule has 1 fully saturated rings. The molecular weight excluding hydrogens is 425 g/mol. The van der Waals surface area contributed by atoms with E-state index in [1.807, 2.05) is 42.5 Å². The number of ether oxygens (including phenoxy) is 1. The molecule has 3 amide bonds. The molecule has 1 aliphatic heterocycles. The van der Waals surface area contributed by atoms with Gasteiger partial charge in [0.25, 0.3) is 5.91 Å². The summed E-state index contributed by atoms with van der Waals surface area (Å²) in [5.74, 6) is -2.15. The van der Waals surface area contributed by atoms with E-state index in [1.165, 1.54) is 23.1 Å². The second-order valence-electron chi connectivity index (χ2n) is 7.55. The predicted molar refractivity (Wildman–Crippen MR) is 121 cm³/mol. The molecule has 0 bridgehead atoms. The summed E-state index contributed by atoms with van der Waals surface area (Å²) in [6.07, 6.45) is -0.0724. The number of amides is 3. The highest BCUT2D eigenvalue weighted by Crippen LogP contribution is 2.29. The molecule has 1 unspecified atom stereocenters. The van der Waals surface area contributed by atoms with Gasteiger partial charge in [-0.15, -0.1) is 0 Å². The average Bonchev–Trinajstić information content (AvgIpc) is 3.23. The van der Waals surface area contributed by atoms with E-state index in [0.717, 1.165) is 11.1 Å². The van der Waals surface area contributed by atoms with Gasteiger partial charge in [0.1, 0.15) is 11.6 Å². The Morgan fingerprint density at radius 1 is 0.939 bits per heavy atom. The summed E-state index contributed by atoms with van der Waals surface area (Å²) in [5.41, 5.74) is 6.55. The normalized spacial score (nSPS) is 15.2. The maximum absolute atomic E-state index is 14.0. The molecule has 2 N–H and O–H groups in total. The summed E-state index contributed by atoms with van der Waals surface area (Å²) in [6.45, 7) is -0.280. The summed E-state index contributed by atoms with van der Waals surface area (Å²) in [6, 6.07) is 22.8. The third-order valence-corrected chi connectivity index (χ3v) is 5.29. The number of nitrogens with one attached hydrogen (secondary N) is 2. The molecule has 7 nitrogen and oxygen atoms in total. The number of hydrazine groups is 1. The summed E-state index contributed by atoms with van der Waals surface area (Å²) in [7, 11) is 0. The zero-order valence-electron chi connectivity index (χ0n) is 17.7. The summed E-state index contributed by atoms with van der Waals surface area (Å²) in [5, 5.41) is 0. The molecule has 33 heavy (non-hydrogen) atoms. The van der Waals surface area contributed by atoms with Gasteiger partial charge in [0.05, 0.1) is 11.6 Å². The van der Waals surface area contributed by atoms with Crippen molar-refractivity contribution in [2.75, 3.05) is 18.1 Å². The molecular formula is C25H22FN3O4. The van der Waals surface area contributed by atoms with Crippen molar-refractivity contribution >= 4 is 23.4 Å². The van der Waals surface area contributed by atoms with Crippen LogP contribution >= 0.6 is 0 Å². The van der Waals surface area contributed by atoms with E-state index in [9.17, 15) is 18.8 Å². The minimum Gasteiger partial charge on any atom is -0.483 e. The first-order chi connectivity index (χ1) is 16.0. The molecule has 1 heterocycles. The van der Waals surface area contributed by atoms with E-state index in [-0.39, 0.29) is 31.2 Å². The van der Waals surface area contributed by atoms with Crippen molar-refractivity contribution in [2.24, 2.45) is 5.92 Å². The molecule has 168 valence electrons. The van der Waals surface area contributed by atoms with E-state index in [1.54, 1.807) is 18.2 Å².